The van der Waals surface area contributed by atoms with E-state index in [1.807, 2.05) is 47.9 Å². The number of benzene rings is 2. The van der Waals surface area contributed by atoms with E-state index in [4.69, 9.17) is 16.3 Å². The minimum atomic E-state index is -0.252. The highest BCUT2D eigenvalue weighted by Gasteiger charge is 2.13. The maximum Gasteiger partial charge on any atom is 0.279 e. The van der Waals surface area contributed by atoms with E-state index in [-0.39, 0.29) is 5.91 Å². The summed E-state index contributed by atoms with van der Waals surface area (Å²) in [5, 5.41) is 0.700. The van der Waals surface area contributed by atoms with Crippen molar-refractivity contribution in [1.82, 2.24) is 4.57 Å². The molecular weight excluding hydrogens is 406 g/mol. The van der Waals surface area contributed by atoms with E-state index in [1.165, 1.54) is 11.3 Å². The minimum Gasteiger partial charge on any atom is -0.383 e. The third-order valence-corrected chi connectivity index (χ3v) is 6.44. The molecule has 5 nitrogen and oxygen atoms in total. The first-order valence-corrected chi connectivity index (χ1v) is 10.9. The summed E-state index contributed by atoms with van der Waals surface area (Å²) in [7, 11) is 1.66. The van der Waals surface area contributed by atoms with Crippen LogP contribution in [0, 0.1) is 6.92 Å². The van der Waals surface area contributed by atoms with Gasteiger partial charge in [0.15, 0.2) is 4.80 Å². The Kier molecular flexibility index (Phi) is 7.11. The molecule has 0 unspecified atom stereocenters. The molecule has 0 bridgehead atoms. The lowest BCUT2D eigenvalue weighted by molar-refractivity contribution is 0.0997. The van der Waals surface area contributed by atoms with Crippen LogP contribution < -0.4 is 9.70 Å². The molecule has 29 heavy (non-hydrogen) atoms. The van der Waals surface area contributed by atoms with Crippen LogP contribution >= 0.6 is 22.9 Å². The Morgan fingerprint density at radius 2 is 1.86 bits per heavy atom. The van der Waals surface area contributed by atoms with Crippen molar-refractivity contribution < 1.29 is 9.53 Å². The van der Waals surface area contributed by atoms with Gasteiger partial charge in [-0.25, -0.2) is 0 Å². The van der Waals surface area contributed by atoms with Crippen LogP contribution in [-0.4, -0.2) is 37.3 Å². The molecule has 1 aromatic heterocycles. The maximum atomic E-state index is 12.8. The number of nitrogens with zero attached hydrogens (tertiary/aromatic N) is 3. The third kappa shape index (κ3) is 4.55. The molecule has 2 aromatic carbocycles. The lowest BCUT2D eigenvalue weighted by Gasteiger charge is -2.20. The molecule has 1 amide bonds. The molecule has 0 saturated carbocycles. The largest absolute Gasteiger partial charge is 0.383 e. The third-order valence-electron chi connectivity index (χ3n) is 4.99. The zero-order chi connectivity index (χ0) is 21.0. The molecule has 0 radical (unpaired) electrons. The molecule has 0 atom stereocenters. The summed E-state index contributed by atoms with van der Waals surface area (Å²) in [6.07, 6.45) is 0. The smallest absolute Gasteiger partial charge is 0.279 e. The second-order valence-electron chi connectivity index (χ2n) is 6.68. The number of fused-ring (bicyclic) bond motifs is 1. The predicted molar refractivity (Wildman–Crippen MR) is 121 cm³/mol. The predicted octanol–water partition coefficient (Wildman–Crippen LogP) is 4.90. The fourth-order valence-corrected chi connectivity index (χ4v) is 4.61. The number of hydrogen-bond acceptors (Lipinski definition) is 4. The fraction of sp³-hybridized carbons (Fsp3) is 0.364. The summed E-state index contributed by atoms with van der Waals surface area (Å²) in [6.45, 7) is 9.20. The van der Waals surface area contributed by atoms with Gasteiger partial charge < -0.3 is 14.2 Å². The Hall–Kier alpha value is -2.15. The fourth-order valence-electron chi connectivity index (χ4n) is 3.35. The first kappa shape index (κ1) is 21.6. The molecule has 154 valence electrons. The normalized spacial score (nSPS) is 12.0. The number of carbonyl (C=O) groups excluding carboxylic acids is 1. The van der Waals surface area contributed by atoms with Crippen molar-refractivity contribution in [2.75, 3.05) is 31.7 Å². The lowest BCUT2D eigenvalue weighted by Crippen LogP contribution is -2.21. The number of methoxy groups -OCH3 is 1. The van der Waals surface area contributed by atoms with Crippen LogP contribution in [0.4, 0.5) is 5.69 Å². The van der Waals surface area contributed by atoms with Crippen LogP contribution in [0.15, 0.2) is 41.4 Å². The number of carbonyl (C=O) groups is 1. The highest BCUT2D eigenvalue weighted by Crippen LogP contribution is 2.27. The van der Waals surface area contributed by atoms with Gasteiger partial charge in [0.25, 0.3) is 5.91 Å². The minimum absolute atomic E-state index is 0.252. The Labute approximate surface area is 180 Å². The van der Waals surface area contributed by atoms with Crippen molar-refractivity contribution in [3.63, 3.8) is 0 Å². The van der Waals surface area contributed by atoms with Gasteiger partial charge in [0.1, 0.15) is 0 Å². The first-order chi connectivity index (χ1) is 14.0. The molecule has 0 spiro atoms. The van der Waals surface area contributed by atoms with E-state index in [0.29, 0.717) is 28.5 Å². The molecule has 3 rings (SSSR count). The summed E-state index contributed by atoms with van der Waals surface area (Å²) >= 11 is 7.82. The van der Waals surface area contributed by atoms with Gasteiger partial charge in [-0.05, 0) is 62.7 Å². The van der Waals surface area contributed by atoms with Crippen LogP contribution in [0.25, 0.3) is 10.2 Å². The maximum absolute atomic E-state index is 12.8. The Morgan fingerprint density at radius 3 is 2.48 bits per heavy atom. The van der Waals surface area contributed by atoms with Gasteiger partial charge in [0.05, 0.1) is 16.8 Å². The summed E-state index contributed by atoms with van der Waals surface area (Å²) in [6, 6.07) is 11.5. The molecule has 3 aromatic rings. The molecule has 0 N–H and O–H groups in total. The summed E-state index contributed by atoms with van der Waals surface area (Å²) in [4.78, 5) is 20.2. The number of amides is 1. The molecular formula is C22H26ClN3O2S. The van der Waals surface area contributed by atoms with Gasteiger partial charge in [0.2, 0.25) is 0 Å². The van der Waals surface area contributed by atoms with Gasteiger partial charge in [-0.2, -0.15) is 4.99 Å². The lowest BCUT2D eigenvalue weighted by atomic mass is 10.2. The molecule has 0 aliphatic rings. The number of rotatable bonds is 7. The number of hydrogen-bond donors (Lipinski definition) is 0. The molecule has 0 saturated heterocycles. The van der Waals surface area contributed by atoms with E-state index in [2.05, 4.69) is 23.7 Å². The number of anilines is 1. The highest BCUT2D eigenvalue weighted by atomic mass is 35.5. The first-order valence-electron chi connectivity index (χ1n) is 9.71. The number of ether oxygens (including phenoxy) is 1. The SMILES string of the molecule is CCN(CC)c1ccc(C(=O)N=c2sc3ccc(Cl)c(C)c3n2CCOC)cc1. The van der Waals surface area contributed by atoms with Crippen LogP contribution in [0.3, 0.4) is 0 Å². The van der Waals surface area contributed by atoms with Crippen LogP contribution in [0.1, 0.15) is 29.8 Å². The average molecular weight is 432 g/mol. The van der Waals surface area contributed by atoms with Crippen molar-refractivity contribution >= 4 is 44.7 Å². The van der Waals surface area contributed by atoms with E-state index < -0.39 is 0 Å². The van der Waals surface area contributed by atoms with Crippen molar-refractivity contribution in [2.24, 2.45) is 4.99 Å². The van der Waals surface area contributed by atoms with Crippen LogP contribution in [0.5, 0.6) is 0 Å². The highest BCUT2D eigenvalue weighted by molar-refractivity contribution is 7.16. The second kappa shape index (κ2) is 9.57. The van der Waals surface area contributed by atoms with Gasteiger partial charge in [-0.15, -0.1) is 0 Å². The quantitative estimate of drug-likeness (QED) is 0.534. The van der Waals surface area contributed by atoms with E-state index in [1.54, 1.807) is 7.11 Å². The van der Waals surface area contributed by atoms with Gasteiger partial charge in [-0.1, -0.05) is 22.9 Å². The topological polar surface area (TPSA) is 46.8 Å². The Bertz CT molecular complexity index is 1070. The molecule has 7 heteroatoms. The molecule has 0 fully saturated rings. The Balaban J connectivity index is 2.02. The average Bonchev–Trinajstić information content (AvgIpc) is 3.08. The Morgan fingerprint density at radius 1 is 1.17 bits per heavy atom. The number of thiazole rings is 1. The van der Waals surface area contributed by atoms with Crippen molar-refractivity contribution in [2.45, 2.75) is 27.3 Å². The molecule has 0 aliphatic heterocycles. The zero-order valence-corrected chi connectivity index (χ0v) is 18.8. The zero-order valence-electron chi connectivity index (χ0n) is 17.2. The standard InChI is InChI=1S/C22H26ClN3O2S/c1-5-25(6-2)17-9-7-16(8-10-17)21(27)24-22-26(13-14-28-4)20-15(3)18(23)11-12-19(20)29-22/h7-12H,5-6,13-14H2,1-4H3. The number of aromatic nitrogens is 1. The summed E-state index contributed by atoms with van der Waals surface area (Å²) < 4.78 is 8.32. The summed E-state index contributed by atoms with van der Waals surface area (Å²) in [5.74, 6) is -0.252. The van der Waals surface area contributed by atoms with Crippen molar-refractivity contribution in [3.8, 4) is 0 Å². The molecule has 1 heterocycles. The second-order valence-corrected chi connectivity index (χ2v) is 8.10. The van der Waals surface area contributed by atoms with Gasteiger partial charge in [0, 0.05) is 43.0 Å². The van der Waals surface area contributed by atoms with Crippen molar-refractivity contribution in [1.29, 1.82) is 0 Å². The van der Waals surface area contributed by atoms with E-state index in [0.717, 1.165) is 34.6 Å². The number of halogens is 1. The van der Waals surface area contributed by atoms with Crippen LogP contribution in [0.2, 0.25) is 5.02 Å². The van der Waals surface area contributed by atoms with Crippen LogP contribution in [-0.2, 0) is 11.3 Å². The number of aryl methyl sites for hydroxylation is 1. The summed E-state index contributed by atoms with van der Waals surface area (Å²) in [5.41, 5.74) is 3.66. The van der Waals surface area contributed by atoms with Crippen molar-refractivity contribution in [3.05, 3.63) is 57.3 Å². The van der Waals surface area contributed by atoms with E-state index in [9.17, 15) is 4.79 Å². The molecule has 0 aliphatic carbocycles. The monoisotopic (exact) mass is 431 g/mol. The van der Waals surface area contributed by atoms with Gasteiger partial charge in [-0.3, -0.25) is 4.79 Å². The van der Waals surface area contributed by atoms with E-state index >= 15 is 0 Å². The van der Waals surface area contributed by atoms with Gasteiger partial charge >= 0.3 is 0 Å².